The van der Waals surface area contributed by atoms with Crippen LogP contribution < -0.4 is 9.47 Å². The third-order valence-electron chi connectivity index (χ3n) is 2.06. The van der Waals surface area contributed by atoms with Crippen molar-refractivity contribution in [3.8, 4) is 11.5 Å². The minimum absolute atomic E-state index is 0.0199. The van der Waals surface area contributed by atoms with E-state index in [1.165, 1.54) is 13.0 Å². The predicted molar refractivity (Wildman–Crippen MR) is 68.5 cm³/mol. The largest absolute Gasteiger partial charge is 0.493 e. The number of carbonyl (C=O) groups excluding carboxylic acids is 1. The van der Waals surface area contributed by atoms with E-state index in [4.69, 9.17) is 9.47 Å². The summed E-state index contributed by atoms with van der Waals surface area (Å²) in [6.45, 7) is 5.44. The van der Waals surface area contributed by atoms with Gasteiger partial charge in [-0.15, -0.1) is 0 Å². The van der Waals surface area contributed by atoms with Crippen LogP contribution in [0, 0.1) is 0 Å². The lowest BCUT2D eigenvalue weighted by atomic mass is 10.1. The van der Waals surface area contributed by atoms with Gasteiger partial charge in [0.25, 0.3) is 0 Å². The van der Waals surface area contributed by atoms with E-state index in [2.05, 4.69) is 0 Å². The molecule has 0 aliphatic heterocycles. The van der Waals surface area contributed by atoms with E-state index in [9.17, 15) is 4.79 Å². The molecule has 1 aromatic carbocycles. The number of hydrogen-bond acceptors (Lipinski definition) is 3. The fourth-order valence-electron chi connectivity index (χ4n) is 1.35. The molecule has 0 amide bonds. The summed E-state index contributed by atoms with van der Waals surface area (Å²) in [5, 5.41) is 0. The number of benzene rings is 1. The first-order valence-corrected chi connectivity index (χ1v) is 5.56. The molecule has 1 rings (SSSR count). The van der Waals surface area contributed by atoms with Crippen LogP contribution in [0.1, 0.15) is 26.3 Å². The molecular formula is C14H18O3. The van der Waals surface area contributed by atoms with Gasteiger partial charge in [0, 0.05) is 0 Å². The third-order valence-corrected chi connectivity index (χ3v) is 2.06. The molecule has 0 spiro atoms. The summed E-state index contributed by atoms with van der Waals surface area (Å²) in [6.07, 6.45) is 3.38. The Labute approximate surface area is 102 Å². The normalized spacial score (nSPS) is 10.9. The SMILES string of the molecule is COc1cc(/C=C/C(C)=O)ccc1OC(C)C. The topological polar surface area (TPSA) is 35.5 Å². The quantitative estimate of drug-likeness (QED) is 0.734. The number of methoxy groups -OCH3 is 1. The van der Waals surface area contributed by atoms with E-state index in [-0.39, 0.29) is 11.9 Å². The first-order valence-electron chi connectivity index (χ1n) is 5.56. The highest BCUT2D eigenvalue weighted by Crippen LogP contribution is 2.29. The van der Waals surface area contributed by atoms with Gasteiger partial charge in [-0.1, -0.05) is 12.1 Å². The van der Waals surface area contributed by atoms with Crippen molar-refractivity contribution in [2.75, 3.05) is 7.11 Å². The van der Waals surface area contributed by atoms with Crippen LogP contribution in [-0.2, 0) is 4.79 Å². The summed E-state index contributed by atoms with van der Waals surface area (Å²) in [7, 11) is 1.60. The van der Waals surface area contributed by atoms with Gasteiger partial charge in [-0.05, 0) is 44.5 Å². The second kappa shape index (κ2) is 6.09. The smallest absolute Gasteiger partial charge is 0.161 e. The zero-order chi connectivity index (χ0) is 12.8. The molecule has 0 aliphatic rings. The molecule has 17 heavy (non-hydrogen) atoms. The number of carbonyl (C=O) groups is 1. The Hall–Kier alpha value is -1.77. The van der Waals surface area contributed by atoms with Crippen LogP contribution >= 0.6 is 0 Å². The average Bonchev–Trinajstić information content (AvgIpc) is 2.26. The van der Waals surface area contributed by atoms with Gasteiger partial charge in [0.05, 0.1) is 13.2 Å². The van der Waals surface area contributed by atoms with E-state index >= 15 is 0 Å². The summed E-state index contributed by atoms with van der Waals surface area (Å²) in [4.78, 5) is 10.8. The molecule has 0 saturated heterocycles. The number of ketones is 1. The van der Waals surface area contributed by atoms with Crippen LogP contribution in [0.25, 0.3) is 6.08 Å². The van der Waals surface area contributed by atoms with Crippen LogP contribution in [0.4, 0.5) is 0 Å². The maximum absolute atomic E-state index is 10.8. The fraction of sp³-hybridized carbons (Fsp3) is 0.357. The maximum Gasteiger partial charge on any atom is 0.161 e. The van der Waals surface area contributed by atoms with E-state index in [0.29, 0.717) is 11.5 Å². The molecule has 0 aromatic heterocycles. The number of hydrogen-bond donors (Lipinski definition) is 0. The van der Waals surface area contributed by atoms with Crippen LogP contribution in [0.15, 0.2) is 24.3 Å². The summed E-state index contributed by atoms with van der Waals surface area (Å²) in [5.41, 5.74) is 0.910. The molecule has 0 radical (unpaired) electrons. The van der Waals surface area contributed by atoms with E-state index in [0.717, 1.165) is 5.56 Å². The summed E-state index contributed by atoms with van der Waals surface area (Å²) >= 11 is 0. The second-order valence-electron chi connectivity index (χ2n) is 4.02. The van der Waals surface area contributed by atoms with Crippen molar-refractivity contribution < 1.29 is 14.3 Å². The molecule has 92 valence electrons. The van der Waals surface area contributed by atoms with Crippen LogP contribution in [0.3, 0.4) is 0 Å². The Kier molecular flexibility index (Phi) is 4.76. The van der Waals surface area contributed by atoms with E-state index in [1.807, 2.05) is 32.0 Å². The van der Waals surface area contributed by atoms with Gasteiger partial charge >= 0.3 is 0 Å². The van der Waals surface area contributed by atoms with Gasteiger partial charge in [0.15, 0.2) is 17.3 Å². The highest BCUT2D eigenvalue weighted by molar-refractivity contribution is 5.91. The van der Waals surface area contributed by atoms with Crippen LogP contribution in [0.5, 0.6) is 11.5 Å². The van der Waals surface area contributed by atoms with Crippen molar-refractivity contribution in [3.63, 3.8) is 0 Å². The molecule has 3 heteroatoms. The molecule has 0 saturated carbocycles. The number of rotatable bonds is 5. The number of allylic oxidation sites excluding steroid dienone is 1. The Bertz CT molecular complexity index is 419. The van der Waals surface area contributed by atoms with Crippen molar-refractivity contribution >= 4 is 11.9 Å². The lowest BCUT2D eigenvalue weighted by Gasteiger charge is -2.13. The molecule has 0 fully saturated rings. The zero-order valence-electron chi connectivity index (χ0n) is 10.7. The monoisotopic (exact) mass is 234 g/mol. The molecular weight excluding hydrogens is 216 g/mol. The molecule has 0 aliphatic carbocycles. The van der Waals surface area contributed by atoms with Crippen molar-refractivity contribution in [1.82, 2.24) is 0 Å². The minimum atomic E-state index is 0.0199. The summed E-state index contributed by atoms with van der Waals surface area (Å²) in [5.74, 6) is 1.40. The van der Waals surface area contributed by atoms with Crippen molar-refractivity contribution in [2.24, 2.45) is 0 Å². The zero-order valence-corrected chi connectivity index (χ0v) is 10.7. The Balaban J connectivity index is 2.95. The van der Waals surface area contributed by atoms with Gasteiger partial charge in [0.1, 0.15) is 0 Å². The minimum Gasteiger partial charge on any atom is -0.493 e. The average molecular weight is 234 g/mol. The van der Waals surface area contributed by atoms with Crippen molar-refractivity contribution in [1.29, 1.82) is 0 Å². The molecule has 0 atom stereocenters. The molecule has 0 unspecified atom stereocenters. The second-order valence-corrected chi connectivity index (χ2v) is 4.02. The van der Waals surface area contributed by atoms with Crippen molar-refractivity contribution in [2.45, 2.75) is 26.9 Å². The van der Waals surface area contributed by atoms with E-state index < -0.39 is 0 Å². The van der Waals surface area contributed by atoms with Crippen LogP contribution in [0.2, 0.25) is 0 Å². The standard InChI is InChI=1S/C14H18O3/c1-10(2)17-13-8-7-12(6-5-11(3)15)9-14(13)16-4/h5-10H,1-4H3/b6-5+. The Morgan fingerprint density at radius 1 is 1.29 bits per heavy atom. The molecule has 3 nitrogen and oxygen atoms in total. The lowest BCUT2D eigenvalue weighted by molar-refractivity contribution is -0.112. The van der Waals surface area contributed by atoms with Gasteiger partial charge in [-0.25, -0.2) is 0 Å². The van der Waals surface area contributed by atoms with Gasteiger partial charge in [-0.2, -0.15) is 0 Å². The first kappa shape index (κ1) is 13.3. The predicted octanol–water partition coefficient (Wildman–Crippen LogP) is 3.08. The van der Waals surface area contributed by atoms with Crippen molar-refractivity contribution in [3.05, 3.63) is 29.8 Å². The van der Waals surface area contributed by atoms with Gasteiger partial charge in [0.2, 0.25) is 0 Å². The van der Waals surface area contributed by atoms with E-state index in [1.54, 1.807) is 13.2 Å². The highest BCUT2D eigenvalue weighted by Gasteiger charge is 2.06. The highest BCUT2D eigenvalue weighted by atomic mass is 16.5. The molecule has 0 heterocycles. The Morgan fingerprint density at radius 2 is 2.00 bits per heavy atom. The van der Waals surface area contributed by atoms with Gasteiger partial charge in [-0.3, -0.25) is 4.79 Å². The molecule has 1 aromatic rings. The number of ether oxygens (including phenoxy) is 2. The van der Waals surface area contributed by atoms with Crippen LogP contribution in [-0.4, -0.2) is 19.0 Å². The fourth-order valence-corrected chi connectivity index (χ4v) is 1.35. The first-order chi connectivity index (χ1) is 8.02. The van der Waals surface area contributed by atoms with Gasteiger partial charge < -0.3 is 9.47 Å². The summed E-state index contributed by atoms with van der Waals surface area (Å²) in [6, 6.07) is 5.58. The third kappa shape index (κ3) is 4.31. The lowest BCUT2D eigenvalue weighted by Crippen LogP contribution is -2.06. The Morgan fingerprint density at radius 3 is 2.53 bits per heavy atom. The summed E-state index contributed by atoms with van der Waals surface area (Å²) < 4.78 is 10.9. The molecule has 0 N–H and O–H groups in total. The molecule has 0 bridgehead atoms. The maximum atomic E-state index is 10.8.